The Morgan fingerprint density at radius 2 is 1.85 bits per heavy atom. The van der Waals surface area contributed by atoms with E-state index in [9.17, 15) is 9.59 Å². The van der Waals surface area contributed by atoms with Crippen LogP contribution in [0, 0.1) is 23.7 Å². The minimum atomic E-state index is -0.685. The molecule has 0 amide bonds. The molecule has 0 saturated heterocycles. The number of hydrogen-bond donors (Lipinski definition) is 1. The van der Waals surface area contributed by atoms with Crippen LogP contribution in [0.2, 0.25) is 0 Å². The van der Waals surface area contributed by atoms with E-state index in [-0.39, 0.29) is 11.8 Å². The lowest BCUT2D eigenvalue weighted by Gasteiger charge is -2.07. The molecule has 0 unspecified atom stereocenters. The van der Waals surface area contributed by atoms with Gasteiger partial charge in [-0.3, -0.25) is 9.59 Å². The van der Waals surface area contributed by atoms with E-state index < -0.39 is 5.97 Å². The van der Waals surface area contributed by atoms with Gasteiger partial charge in [0, 0.05) is 12.3 Å². The van der Waals surface area contributed by atoms with Crippen molar-refractivity contribution in [2.24, 2.45) is 23.7 Å². The highest BCUT2D eigenvalue weighted by Gasteiger charge is 2.59. The number of fused-ring (bicyclic) bond motifs is 1. The highest BCUT2D eigenvalue weighted by molar-refractivity contribution is 5.85. The fourth-order valence-electron chi connectivity index (χ4n) is 2.76. The molecule has 2 fully saturated rings. The summed E-state index contributed by atoms with van der Waals surface area (Å²) in [4.78, 5) is 21.9. The minimum absolute atomic E-state index is 0.170. The predicted octanol–water partition coefficient (Wildman–Crippen LogP) is 1.32. The third-order valence-electron chi connectivity index (χ3n) is 3.51. The molecule has 0 aromatic heterocycles. The van der Waals surface area contributed by atoms with Crippen LogP contribution in [-0.4, -0.2) is 16.9 Å². The van der Waals surface area contributed by atoms with Crippen molar-refractivity contribution in [3.63, 3.8) is 0 Å². The number of carbonyl (C=O) groups excluding carboxylic acids is 1. The average Bonchev–Trinajstić information content (AvgIpc) is 2.58. The topological polar surface area (TPSA) is 54.4 Å². The van der Waals surface area contributed by atoms with Crippen molar-refractivity contribution < 1.29 is 14.7 Å². The smallest absolute Gasteiger partial charge is 0.306 e. The molecule has 2 saturated carbocycles. The number of aliphatic carboxylic acids is 1. The molecule has 2 aliphatic carbocycles. The van der Waals surface area contributed by atoms with Crippen LogP contribution in [0.3, 0.4) is 0 Å². The van der Waals surface area contributed by atoms with Gasteiger partial charge in [-0.25, -0.2) is 0 Å². The molecule has 0 aliphatic heterocycles. The molecule has 0 bridgehead atoms. The van der Waals surface area contributed by atoms with E-state index in [2.05, 4.69) is 0 Å². The summed E-state index contributed by atoms with van der Waals surface area (Å²) in [6.07, 6.45) is 2.07. The van der Waals surface area contributed by atoms with Gasteiger partial charge in [-0.05, 0) is 24.7 Å². The van der Waals surface area contributed by atoms with Crippen molar-refractivity contribution in [2.75, 3.05) is 0 Å². The molecule has 72 valence electrons. The number of carboxylic acids is 1. The summed E-state index contributed by atoms with van der Waals surface area (Å²) in [5.41, 5.74) is 0. The molecule has 0 radical (unpaired) electrons. The number of rotatable bonds is 3. The fourth-order valence-corrected chi connectivity index (χ4v) is 2.76. The highest BCUT2D eigenvalue weighted by Crippen LogP contribution is 2.60. The van der Waals surface area contributed by atoms with Crippen LogP contribution in [0.1, 0.15) is 26.2 Å². The van der Waals surface area contributed by atoms with Gasteiger partial charge in [0.1, 0.15) is 5.78 Å². The maximum Gasteiger partial charge on any atom is 0.306 e. The van der Waals surface area contributed by atoms with Gasteiger partial charge in [-0.1, -0.05) is 6.92 Å². The second kappa shape index (κ2) is 2.82. The molecule has 13 heavy (non-hydrogen) atoms. The van der Waals surface area contributed by atoms with Gasteiger partial charge in [0.2, 0.25) is 0 Å². The lowest BCUT2D eigenvalue weighted by Crippen LogP contribution is -2.15. The Labute approximate surface area is 77.1 Å². The van der Waals surface area contributed by atoms with Gasteiger partial charge in [0.15, 0.2) is 0 Å². The fraction of sp³-hybridized carbons (Fsp3) is 0.800. The Balaban J connectivity index is 1.90. The van der Waals surface area contributed by atoms with E-state index in [1.54, 1.807) is 0 Å². The highest BCUT2D eigenvalue weighted by atomic mass is 16.4. The van der Waals surface area contributed by atoms with Crippen LogP contribution in [0.4, 0.5) is 0 Å². The molecule has 3 heteroatoms. The van der Waals surface area contributed by atoms with Crippen molar-refractivity contribution >= 4 is 11.8 Å². The molecule has 3 nitrogen and oxygen atoms in total. The van der Waals surface area contributed by atoms with E-state index in [0.29, 0.717) is 24.0 Å². The molecule has 0 heterocycles. The van der Waals surface area contributed by atoms with E-state index >= 15 is 0 Å². The summed E-state index contributed by atoms with van der Waals surface area (Å²) in [6, 6.07) is 0. The van der Waals surface area contributed by atoms with Gasteiger partial charge in [-0.15, -0.1) is 0 Å². The molecule has 1 N–H and O–H groups in total. The SMILES string of the molecule is CCC(=O)[C@H]1[C@@H]2C[C@@H](C(=O)O)C[C@@H]21. The number of ketones is 1. The maximum atomic E-state index is 11.3. The lowest BCUT2D eigenvalue weighted by atomic mass is 9.98. The maximum absolute atomic E-state index is 11.3. The van der Waals surface area contributed by atoms with E-state index in [4.69, 9.17) is 5.11 Å². The Morgan fingerprint density at radius 3 is 2.23 bits per heavy atom. The zero-order chi connectivity index (χ0) is 9.59. The van der Waals surface area contributed by atoms with E-state index in [1.807, 2.05) is 6.92 Å². The monoisotopic (exact) mass is 182 g/mol. The summed E-state index contributed by atoms with van der Waals surface area (Å²) in [6.45, 7) is 1.88. The third kappa shape index (κ3) is 1.26. The molecular formula is C10H14O3. The van der Waals surface area contributed by atoms with Crippen LogP contribution >= 0.6 is 0 Å². The Hall–Kier alpha value is -0.860. The van der Waals surface area contributed by atoms with Crippen molar-refractivity contribution in [1.82, 2.24) is 0 Å². The molecule has 0 aromatic rings. The largest absolute Gasteiger partial charge is 0.481 e. The lowest BCUT2D eigenvalue weighted by molar-refractivity contribution is -0.142. The van der Waals surface area contributed by atoms with Gasteiger partial charge >= 0.3 is 5.97 Å². The third-order valence-corrected chi connectivity index (χ3v) is 3.51. The Bertz CT molecular complexity index is 247. The summed E-state index contributed by atoms with van der Waals surface area (Å²) >= 11 is 0. The van der Waals surface area contributed by atoms with Gasteiger partial charge in [-0.2, -0.15) is 0 Å². The number of carboxylic acid groups (broad SMARTS) is 1. The predicted molar refractivity (Wildman–Crippen MR) is 46.1 cm³/mol. The second-order valence-corrected chi connectivity index (χ2v) is 4.18. The molecular weight excluding hydrogens is 168 g/mol. The summed E-state index contributed by atoms with van der Waals surface area (Å²) in [5, 5.41) is 8.75. The quantitative estimate of drug-likeness (QED) is 0.716. The average molecular weight is 182 g/mol. The number of carbonyl (C=O) groups is 2. The van der Waals surface area contributed by atoms with Crippen LogP contribution in [0.25, 0.3) is 0 Å². The van der Waals surface area contributed by atoms with Crippen LogP contribution in [0.15, 0.2) is 0 Å². The summed E-state index contributed by atoms with van der Waals surface area (Å²) < 4.78 is 0. The standard InChI is InChI=1S/C10H14O3/c1-2-8(11)9-6-3-5(10(12)13)4-7(6)9/h5-7,9H,2-4H2,1H3,(H,12,13)/t5-,6-,7+,9+. The Kier molecular flexibility index (Phi) is 1.90. The van der Waals surface area contributed by atoms with E-state index in [1.165, 1.54) is 0 Å². The molecule has 0 spiro atoms. The van der Waals surface area contributed by atoms with Crippen LogP contribution in [-0.2, 0) is 9.59 Å². The van der Waals surface area contributed by atoms with Crippen LogP contribution in [0.5, 0.6) is 0 Å². The van der Waals surface area contributed by atoms with Gasteiger partial charge < -0.3 is 5.11 Å². The van der Waals surface area contributed by atoms with Crippen molar-refractivity contribution in [3.8, 4) is 0 Å². The number of Topliss-reactive ketones (excluding diaryl/α,β-unsaturated/α-hetero) is 1. The molecule has 4 atom stereocenters. The zero-order valence-corrected chi connectivity index (χ0v) is 7.69. The van der Waals surface area contributed by atoms with Gasteiger partial charge in [0.05, 0.1) is 5.92 Å². The molecule has 0 aromatic carbocycles. The van der Waals surface area contributed by atoms with Crippen molar-refractivity contribution in [1.29, 1.82) is 0 Å². The van der Waals surface area contributed by atoms with Gasteiger partial charge in [0.25, 0.3) is 0 Å². The second-order valence-electron chi connectivity index (χ2n) is 4.18. The normalized spacial score (nSPS) is 41.3. The zero-order valence-electron chi connectivity index (χ0n) is 7.69. The minimum Gasteiger partial charge on any atom is -0.481 e. The van der Waals surface area contributed by atoms with Crippen molar-refractivity contribution in [3.05, 3.63) is 0 Å². The summed E-state index contributed by atoms with van der Waals surface area (Å²) in [5.74, 6) is 0.521. The number of hydrogen-bond acceptors (Lipinski definition) is 2. The van der Waals surface area contributed by atoms with Crippen molar-refractivity contribution in [2.45, 2.75) is 26.2 Å². The Morgan fingerprint density at radius 1 is 1.31 bits per heavy atom. The first-order valence-electron chi connectivity index (χ1n) is 4.90. The van der Waals surface area contributed by atoms with Crippen LogP contribution < -0.4 is 0 Å². The first-order valence-corrected chi connectivity index (χ1v) is 4.90. The summed E-state index contributed by atoms with van der Waals surface area (Å²) in [7, 11) is 0. The molecule has 2 rings (SSSR count). The first-order chi connectivity index (χ1) is 6.15. The van der Waals surface area contributed by atoms with E-state index in [0.717, 1.165) is 12.8 Å². The first kappa shape index (κ1) is 8.73. The molecule has 2 aliphatic rings.